The molecule has 1 aromatic carbocycles. The van der Waals surface area contributed by atoms with Crippen LogP contribution in [-0.2, 0) is 21.3 Å². The number of carbonyl (C=O) groups is 1. The van der Waals surface area contributed by atoms with Crippen molar-refractivity contribution in [1.29, 1.82) is 0 Å². The van der Waals surface area contributed by atoms with Gasteiger partial charge in [0.25, 0.3) is 15.8 Å². The van der Waals surface area contributed by atoms with E-state index in [-0.39, 0.29) is 40.4 Å². The van der Waals surface area contributed by atoms with Crippen molar-refractivity contribution >= 4 is 33.3 Å². The standard InChI is InChI=1S/C14H17ClN2O6S/c15-5-1-2-9-6-11(16-14(9)18)7-10-8-12(17(19)20)3-4-13(10)24(21,22)23/h3-4,8-9,11H,1-2,5-7H2,(H,16,18)(H,21,22,23)/t9-,11+/m1/s1. The molecule has 132 valence electrons. The normalized spacial score (nSPS) is 20.8. The Hall–Kier alpha value is -1.71. The molecule has 1 amide bonds. The van der Waals surface area contributed by atoms with Crippen molar-refractivity contribution in [2.75, 3.05) is 5.88 Å². The summed E-state index contributed by atoms with van der Waals surface area (Å²) in [6.07, 6.45) is 1.90. The van der Waals surface area contributed by atoms with Gasteiger partial charge in [0, 0.05) is 30.0 Å². The third-order valence-electron chi connectivity index (χ3n) is 3.97. The van der Waals surface area contributed by atoms with Crippen molar-refractivity contribution in [3.8, 4) is 0 Å². The lowest BCUT2D eigenvalue weighted by Crippen LogP contribution is -2.28. The second kappa shape index (κ2) is 7.45. The van der Waals surface area contributed by atoms with Crippen LogP contribution in [0, 0.1) is 16.0 Å². The van der Waals surface area contributed by atoms with Crippen LogP contribution >= 0.6 is 11.6 Å². The number of rotatable bonds is 7. The Kier molecular flexibility index (Phi) is 5.79. The van der Waals surface area contributed by atoms with Crippen molar-refractivity contribution in [2.45, 2.75) is 36.6 Å². The lowest BCUT2D eigenvalue weighted by atomic mass is 9.96. The second-order valence-corrected chi connectivity index (χ2v) is 7.47. The van der Waals surface area contributed by atoms with Gasteiger partial charge in [-0.05, 0) is 37.3 Å². The summed E-state index contributed by atoms with van der Waals surface area (Å²) in [5.41, 5.74) is -0.171. The van der Waals surface area contributed by atoms with E-state index >= 15 is 0 Å². The van der Waals surface area contributed by atoms with Gasteiger partial charge in [0.15, 0.2) is 0 Å². The van der Waals surface area contributed by atoms with Gasteiger partial charge in [0.1, 0.15) is 0 Å². The molecule has 0 spiro atoms. The largest absolute Gasteiger partial charge is 0.353 e. The summed E-state index contributed by atoms with van der Waals surface area (Å²) in [4.78, 5) is 21.8. The van der Waals surface area contributed by atoms with E-state index in [0.717, 1.165) is 18.2 Å². The molecule has 24 heavy (non-hydrogen) atoms. The van der Waals surface area contributed by atoms with Crippen molar-refractivity contribution in [3.05, 3.63) is 33.9 Å². The third-order valence-corrected chi connectivity index (χ3v) is 5.19. The molecule has 0 unspecified atom stereocenters. The first-order valence-electron chi connectivity index (χ1n) is 7.33. The maximum Gasteiger partial charge on any atom is 0.294 e. The molecule has 0 bridgehead atoms. The monoisotopic (exact) mass is 376 g/mol. The number of alkyl halides is 1. The molecule has 8 nitrogen and oxygen atoms in total. The number of hydrogen-bond acceptors (Lipinski definition) is 5. The Morgan fingerprint density at radius 3 is 2.71 bits per heavy atom. The molecule has 1 heterocycles. The predicted molar refractivity (Wildman–Crippen MR) is 86.6 cm³/mol. The summed E-state index contributed by atoms with van der Waals surface area (Å²) in [5.74, 6) is 0.109. The lowest BCUT2D eigenvalue weighted by molar-refractivity contribution is -0.385. The summed E-state index contributed by atoms with van der Waals surface area (Å²) in [7, 11) is -4.51. The van der Waals surface area contributed by atoms with Crippen LogP contribution in [0.1, 0.15) is 24.8 Å². The van der Waals surface area contributed by atoms with Crippen molar-refractivity contribution < 1.29 is 22.7 Å². The lowest BCUT2D eigenvalue weighted by Gasteiger charge is -2.12. The fraction of sp³-hybridized carbons (Fsp3) is 0.500. The predicted octanol–water partition coefficient (Wildman–Crippen LogP) is 1.91. The highest BCUT2D eigenvalue weighted by Gasteiger charge is 2.32. The Morgan fingerprint density at radius 1 is 1.42 bits per heavy atom. The van der Waals surface area contributed by atoms with Gasteiger partial charge in [0.05, 0.1) is 9.82 Å². The van der Waals surface area contributed by atoms with E-state index in [1.54, 1.807) is 0 Å². The number of hydrogen-bond donors (Lipinski definition) is 2. The zero-order valence-corrected chi connectivity index (χ0v) is 14.2. The highest BCUT2D eigenvalue weighted by molar-refractivity contribution is 7.85. The van der Waals surface area contributed by atoms with Gasteiger partial charge in [-0.1, -0.05) is 0 Å². The SMILES string of the molecule is O=C1N[C@H](Cc2cc([N+](=O)[O-])ccc2S(=O)(=O)O)C[C@H]1CCCCl. The van der Waals surface area contributed by atoms with Gasteiger partial charge in [-0.25, -0.2) is 0 Å². The molecule has 0 aromatic heterocycles. The number of nitrogens with one attached hydrogen (secondary N) is 1. The van der Waals surface area contributed by atoms with E-state index in [1.165, 1.54) is 0 Å². The second-order valence-electron chi connectivity index (χ2n) is 5.70. The number of nitro benzene ring substituents is 1. The zero-order valence-electron chi connectivity index (χ0n) is 12.6. The van der Waals surface area contributed by atoms with Gasteiger partial charge < -0.3 is 5.32 Å². The molecule has 0 aliphatic carbocycles. The van der Waals surface area contributed by atoms with Gasteiger partial charge in [-0.15, -0.1) is 11.6 Å². The zero-order chi connectivity index (χ0) is 17.9. The summed E-state index contributed by atoms with van der Waals surface area (Å²) in [6.45, 7) is 0. The minimum absolute atomic E-state index is 0.0833. The topological polar surface area (TPSA) is 127 Å². The number of non-ortho nitro benzene ring substituents is 1. The average Bonchev–Trinajstić information content (AvgIpc) is 2.83. The van der Waals surface area contributed by atoms with Crippen molar-refractivity contribution in [1.82, 2.24) is 5.32 Å². The van der Waals surface area contributed by atoms with E-state index in [2.05, 4.69) is 5.32 Å². The Morgan fingerprint density at radius 2 is 2.12 bits per heavy atom. The van der Waals surface area contributed by atoms with Crippen LogP contribution < -0.4 is 5.32 Å². The smallest absolute Gasteiger partial charge is 0.294 e. The number of nitrogens with zero attached hydrogens (tertiary/aromatic N) is 1. The third kappa shape index (κ3) is 4.43. The van der Waals surface area contributed by atoms with Crippen LogP contribution in [-0.4, -0.2) is 35.7 Å². The minimum Gasteiger partial charge on any atom is -0.353 e. The van der Waals surface area contributed by atoms with E-state index in [0.29, 0.717) is 25.1 Å². The maximum absolute atomic E-state index is 11.9. The summed E-state index contributed by atoms with van der Waals surface area (Å²) in [6, 6.07) is 2.79. The summed E-state index contributed by atoms with van der Waals surface area (Å²) in [5, 5.41) is 13.6. The van der Waals surface area contributed by atoms with Gasteiger partial charge in [-0.3, -0.25) is 19.5 Å². The number of carbonyl (C=O) groups excluding carboxylic acids is 1. The molecule has 2 rings (SSSR count). The first kappa shape index (κ1) is 18.6. The van der Waals surface area contributed by atoms with E-state index in [9.17, 15) is 27.9 Å². The first-order valence-corrected chi connectivity index (χ1v) is 9.31. The van der Waals surface area contributed by atoms with Crippen LogP contribution in [0.3, 0.4) is 0 Å². The number of amides is 1. The molecule has 1 aliphatic heterocycles. The van der Waals surface area contributed by atoms with Crippen molar-refractivity contribution in [2.24, 2.45) is 5.92 Å². The number of nitro groups is 1. The Labute approximate surface area is 144 Å². The Bertz CT molecular complexity index is 752. The highest BCUT2D eigenvalue weighted by atomic mass is 35.5. The fourth-order valence-electron chi connectivity index (χ4n) is 2.89. The average molecular weight is 377 g/mol. The van der Waals surface area contributed by atoms with E-state index in [4.69, 9.17) is 11.6 Å². The maximum atomic E-state index is 11.9. The highest BCUT2D eigenvalue weighted by Crippen LogP contribution is 2.27. The molecule has 1 aromatic rings. The van der Waals surface area contributed by atoms with Crippen LogP contribution in [0.2, 0.25) is 0 Å². The minimum atomic E-state index is -4.51. The number of benzene rings is 1. The molecule has 2 N–H and O–H groups in total. The van der Waals surface area contributed by atoms with Gasteiger partial charge >= 0.3 is 0 Å². The van der Waals surface area contributed by atoms with Crippen LogP contribution in [0.15, 0.2) is 23.1 Å². The quantitative estimate of drug-likeness (QED) is 0.324. The fourth-order valence-corrected chi connectivity index (χ4v) is 3.76. The summed E-state index contributed by atoms with van der Waals surface area (Å²) >= 11 is 5.62. The molecular weight excluding hydrogens is 360 g/mol. The van der Waals surface area contributed by atoms with Crippen molar-refractivity contribution in [3.63, 3.8) is 0 Å². The van der Waals surface area contributed by atoms with Crippen LogP contribution in [0.4, 0.5) is 5.69 Å². The van der Waals surface area contributed by atoms with E-state index < -0.39 is 15.0 Å². The van der Waals surface area contributed by atoms with Crippen LogP contribution in [0.25, 0.3) is 0 Å². The number of halogens is 1. The molecule has 2 atom stereocenters. The Balaban J connectivity index is 2.24. The molecule has 1 saturated heterocycles. The molecular formula is C14H17ClN2O6S. The molecule has 1 fully saturated rings. The first-order chi connectivity index (χ1) is 11.2. The van der Waals surface area contributed by atoms with Gasteiger partial charge in [0.2, 0.25) is 5.91 Å². The van der Waals surface area contributed by atoms with Gasteiger partial charge in [-0.2, -0.15) is 8.42 Å². The molecule has 1 aliphatic rings. The van der Waals surface area contributed by atoms with Crippen LogP contribution in [0.5, 0.6) is 0 Å². The molecule has 10 heteroatoms. The summed E-state index contributed by atoms with van der Waals surface area (Å²) < 4.78 is 32.2. The van der Waals surface area contributed by atoms with E-state index in [1.807, 2.05) is 0 Å². The molecule has 0 saturated carbocycles. The molecule has 0 radical (unpaired) electrons.